The second kappa shape index (κ2) is 6.13. The van der Waals surface area contributed by atoms with Crippen LogP contribution in [0.25, 0.3) is 0 Å². The SMILES string of the molecule is CNc1cc(C(=O)O)ccc1OCCC(C)C. The fourth-order valence-corrected chi connectivity index (χ4v) is 1.39. The molecule has 2 N–H and O–H groups in total. The highest BCUT2D eigenvalue weighted by Crippen LogP contribution is 2.25. The Labute approximate surface area is 102 Å². The number of benzene rings is 1. The molecule has 94 valence electrons. The molecule has 0 bridgehead atoms. The van der Waals surface area contributed by atoms with Crippen molar-refractivity contribution in [2.75, 3.05) is 19.0 Å². The predicted octanol–water partition coefficient (Wildman–Crippen LogP) is 2.85. The highest BCUT2D eigenvalue weighted by atomic mass is 16.5. The molecule has 0 radical (unpaired) electrons. The smallest absolute Gasteiger partial charge is 0.335 e. The zero-order chi connectivity index (χ0) is 12.8. The van der Waals surface area contributed by atoms with Crippen LogP contribution in [0.15, 0.2) is 18.2 Å². The largest absolute Gasteiger partial charge is 0.491 e. The molecule has 1 aromatic rings. The van der Waals surface area contributed by atoms with Crippen molar-refractivity contribution < 1.29 is 14.6 Å². The van der Waals surface area contributed by atoms with E-state index in [1.807, 2.05) is 0 Å². The molecule has 0 aliphatic heterocycles. The average Bonchev–Trinajstić information content (AvgIpc) is 2.28. The van der Waals surface area contributed by atoms with E-state index in [9.17, 15) is 4.79 Å². The summed E-state index contributed by atoms with van der Waals surface area (Å²) >= 11 is 0. The van der Waals surface area contributed by atoms with Crippen molar-refractivity contribution >= 4 is 11.7 Å². The number of hydrogen-bond acceptors (Lipinski definition) is 3. The molecule has 4 nitrogen and oxygen atoms in total. The van der Waals surface area contributed by atoms with Gasteiger partial charge in [0.25, 0.3) is 0 Å². The Kier molecular flexibility index (Phi) is 4.82. The van der Waals surface area contributed by atoms with Crippen molar-refractivity contribution in [2.45, 2.75) is 20.3 Å². The van der Waals surface area contributed by atoms with Crippen molar-refractivity contribution in [1.29, 1.82) is 0 Å². The molecule has 17 heavy (non-hydrogen) atoms. The summed E-state index contributed by atoms with van der Waals surface area (Å²) in [4.78, 5) is 10.8. The number of anilines is 1. The van der Waals surface area contributed by atoms with Gasteiger partial charge in [0.15, 0.2) is 0 Å². The lowest BCUT2D eigenvalue weighted by molar-refractivity contribution is 0.0697. The van der Waals surface area contributed by atoms with Crippen LogP contribution in [0.3, 0.4) is 0 Å². The maximum atomic E-state index is 10.8. The molecule has 0 atom stereocenters. The third-order valence-electron chi connectivity index (χ3n) is 2.45. The van der Waals surface area contributed by atoms with Crippen LogP contribution in [-0.2, 0) is 0 Å². The Morgan fingerprint density at radius 3 is 2.71 bits per heavy atom. The van der Waals surface area contributed by atoms with Crippen molar-refractivity contribution in [2.24, 2.45) is 5.92 Å². The highest BCUT2D eigenvalue weighted by molar-refractivity contribution is 5.89. The first-order valence-corrected chi connectivity index (χ1v) is 5.72. The molecule has 0 fully saturated rings. The lowest BCUT2D eigenvalue weighted by atomic mass is 10.1. The van der Waals surface area contributed by atoms with Crippen LogP contribution in [-0.4, -0.2) is 24.7 Å². The first-order chi connectivity index (χ1) is 8.04. The summed E-state index contributed by atoms with van der Waals surface area (Å²) in [6.07, 6.45) is 0.976. The molecular formula is C13H19NO3. The molecule has 4 heteroatoms. The summed E-state index contributed by atoms with van der Waals surface area (Å²) in [6.45, 7) is 4.91. The molecule has 0 heterocycles. The van der Waals surface area contributed by atoms with E-state index in [1.54, 1.807) is 25.2 Å². The standard InChI is InChI=1S/C13H19NO3/c1-9(2)6-7-17-12-5-4-10(13(15)16)8-11(12)14-3/h4-5,8-9,14H,6-7H2,1-3H3,(H,15,16). The van der Waals surface area contributed by atoms with E-state index < -0.39 is 5.97 Å². The number of nitrogens with one attached hydrogen (secondary N) is 1. The lowest BCUT2D eigenvalue weighted by Gasteiger charge is -2.12. The number of ether oxygens (including phenoxy) is 1. The molecule has 0 aromatic heterocycles. The van der Waals surface area contributed by atoms with E-state index in [0.29, 0.717) is 24.0 Å². The number of hydrogen-bond donors (Lipinski definition) is 2. The fraction of sp³-hybridized carbons (Fsp3) is 0.462. The van der Waals surface area contributed by atoms with Crippen molar-refractivity contribution in [3.8, 4) is 5.75 Å². The lowest BCUT2D eigenvalue weighted by Crippen LogP contribution is -2.05. The van der Waals surface area contributed by atoms with Crippen LogP contribution in [0, 0.1) is 5.92 Å². The minimum Gasteiger partial charge on any atom is -0.491 e. The van der Waals surface area contributed by atoms with Crippen LogP contribution in [0.4, 0.5) is 5.69 Å². The number of rotatable bonds is 6. The zero-order valence-corrected chi connectivity index (χ0v) is 10.5. The first-order valence-electron chi connectivity index (χ1n) is 5.72. The Balaban J connectivity index is 2.75. The molecule has 0 saturated carbocycles. The Hall–Kier alpha value is -1.71. The highest BCUT2D eigenvalue weighted by Gasteiger charge is 2.08. The van der Waals surface area contributed by atoms with E-state index in [0.717, 1.165) is 6.42 Å². The van der Waals surface area contributed by atoms with E-state index in [1.165, 1.54) is 0 Å². The molecule has 0 aliphatic carbocycles. The molecule has 0 saturated heterocycles. The maximum Gasteiger partial charge on any atom is 0.335 e. The zero-order valence-electron chi connectivity index (χ0n) is 10.5. The minimum atomic E-state index is -0.935. The summed E-state index contributed by atoms with van der Waals surface area (Å²) in [7, 11) is 1.75. The van der Waals surface area contributed by atoms with Gasteiger partial charge in [0.2, 0.25) is 0 Å². The number of carbonyl (C=O) groups is 1. The Morgan fingerprint density at radius 1 is 1.47 bits per heavy atom. The summed E-state index contributed by atoms with van der Waals surface area (Å²) in [5.74, 6) is 0.347. The Morgan fingerprint density at radius 2 is 2.18 bits per heavy atom. The number of aromatic carboxylic acids is 1. The van der Waals surface area contributed by atoms with Gasteiger partial charge in [-0.15, -0.1) is 0 Å². The van der Waals surface area contributed by atoms with Gasteiger partial charge in [-0.25, -0.2) is 4.79 Å². The van der Waals surface area contributed by atoms with Gasteiger partial charge in [0, 0.05) is 7.05 Å². The Bertz CT molecular complexity index is 388. The van der Waals surface area contributed by atoms with Crippen molar-refractivity contribution in [3.05, 3.63) is 23.8 Å². The fourth-order valence-electron chi connectivity index (χ4n) is 1.39. The van der Waals surface area contributed by atoms with Gasteiger partial charge >= 0.3 is 5.97 Å². The summed E-state index contributed by atoms with van der Waals surface area (Å²) in [5, 5.41) is 11.8. The number of carboxylic acids is 1. The first kappa shape index (κ1) is 13.4. The second-order valence-electron chi connectivity index (χ2n) is 4.30. The third-order valence-corrected chi connectivity index (χ3v) is 2.45. The van der Waals surface area contributed by atoms with E-state index in [2.05, 4.69) is 19.2 Å². The predicted molar refractivity (Wildman–Crippen MR) is 67.9 cm³/mol. The number of carboxylic acid groups (broad SMARTS) is 1. The van der Waals surface area contributed by atoms with Gasteiger partial charge in [0.1, 0.15) is 5.75 Å². The maximum absolute atomic E-state index is 10.8. The van der Waals surface area contributed by atoms with Gasteiger partial charge < -0.3 is 15.2 Å². The summed E-state index contributed by atoms with van der Waals surface area (Å²) < 4.78 is 5.62. The molecule has 0 aliphatic rings. The monoisotopic (exact) mass is 237 g/mol. The van der Waals surface area contributed by atoms with E-state index in [-0.39, 0.29) is 5.56 Å². The average molecular weight is 237 g/mol. The van der Waals surface area contributed by atoms with E-state index >= 15 is 0 Å². The summed E-state index contributed by atoms with van der Waals surface area (Å²) in [5.41, 5.74) is 0.958. The molecule has 1 aromatic carbocycles. The van der Waals surface area contributed by atoms with Crippen LogP contribution in [0.5, 0.6) is 5.75 Å². The third kappa shape index (κ3) is 3.98. The normalized spacial score (nSPS) is 10.4. The second-order valence-corrected chi connectivity index (χ2v) is 4.30. The van der Waals surface area contributed by atoms with Crippen LogP contribution in [0.1, 0.15) is 30.6 Å². The topological polar surface area (TPSA) is 58.6 Å². The van der Waals surface area contributed by atoms with Crippen LogP contribution >= 0.6 is 0 Å². The van der Waals surface area contributed by atoms with Gasteiger partial charge in [-0.05, 0) is 30.5 Å². The molecule has 0 unspecified atom stereocenters. The van der Waals surface area contributed by atoms with Gasteiger partial charge in [0.05, 0.1) is 17.9 Å². The molecule has 1 rings (SSSR count). The van der Waals surface area contributed by atoms with Crippen molar-refractivity contribution in [1.82, 2.24) is 0 Å². The van der Waals surface area contributed by atoms with Gasteiger partial charge in [-0.1, -0.05) is 13.8 Å². The minimum absolute atomic E-state index is 0.255. The molecule has 0 amide bonds. The van der Waals surface area contributed by atoms with E-state index in [4.69, 9.17) is 9.84 Å². The molecule has 0 spiro atoms. The van der Waals surface area contributed by atoms with Crippen molar-refractivity contribution in [3.63, 3.8) is 0 Å². The summed E-state index contributed by atoms with van der Waals surface area (Å²) in [6, 6.07) is 4.82. The van der Waals surface area contributed by atoms with Crippen LogP contribution < -0.4 is 10.1 Å². The molecular weight excluding hydrogens is 218 g/mol. The van der Waals surface area contributed by atoms with Gasteiger partial charge in [-0.3, -0.25) is 0 Å². The van der Waals surface area contributed by atoms with Gasteiger partial charge in [-0.2, -0.15) is 0 Å². The quantitative estimate of drug-likeness (QED) is 0.798. The van der Waals surface area contributed by atoms with Crippen LogP contribution in [0.2, 0.25) is 0 Å².